The van der Waals surface area contributed by atoms with Crippen molar-refractivity contribution in [1.29, 1.82) is 0 Å². The normalized spacial score (nSPS) is 10.3. The lowest BCUT2D eigenvalue weighted by molar-refractivity contribution is -0.136. The van der Waals surface area contributed by atoms with Gasteiger partial charge in [0.25, 0.3) is 0 Å². The lowest BCUT2D eigenvalue weighted by Crippen LogP contribution is -2.09. The van der Waals surface area contributed by atoms with Crippen molar-refractivity contribution in [2.24, 2.45) is 0 Å². The van der Waals surface area contributed by atoms with E-state index in [0.717, 1.165) is 17.1 Å². The highest BCUT2D eigenvalue weighted by molar-refractivity contribution is 5.67. The Bertz CT molecular complexity index is 664. The van der Waals surface area contributed by atoms with E-state index in [0.29, 0.717) is 19.6 Å². The fraction of sp³-hybridized carbons (Fsp3) is 0.316. The molecular weight excluding hydrogens is 292 g/mol. The van der Waals surface area contributed by atoms with Crippen molar-refractivity contribution >= 4 is 5.97 Å². The van der Waals surface area contributed by atoms with Crippen LogP contribution >= 0.6 is 0 Å². The van der Waals surface area contributed by atoms with Crippen LogP contribution in [0.25, 0.3) is 0 Å². The summed E-state index contributed by atoms with van der Waals surface area (Å²) in [6.45, 7) is 5.03. The van der Waals surface area contributed by atoms with E-state index in [4.69, 9.17) is 14.6 Å². The number of aliphatic carboxylic acids is 1. The van der Waals surface area contributed by atoms with Gasteiger partial charge in [0.15, 0.2) is 0 Å². The highest BCUT2D eigenvalue weighted by Crippen LogP contribution is 2.17. The fourth-order valence-electron chi connectivity index (χ4n) is 2.16. The number of benzene rings is 2. The van der Waals surface area contributed by atoms with Crippen molar-refractivity contribution in [2.75, 3.05) is 13.2 Å². The van der Waals surface area contributed by atoms with Gasteiger partial charge in [-0.15, -0.1) is 0 Å². The molecule has 0 bridgehead atoms. The number of hydrogen-bond donors (Lipinski definition) is 1. The smallest absolute Gasteiger partial charge is 0.303 e. The van der Waals surface area contributed by atoms with Crippen molar-refractivity contribution in [2.45, 2.75) is 26.7 Å². The van der Waals surface area contributed by atoms with E-state index >= 15 is 0 Å². The number of carboxylic acids is 1. The lowest BCUT2D eigenvalue weighted by atomic mass is 10.1. The zero-order chi connectivity index (χ0) is 16.7. The molecule has 0 spiro atoms. The highest BCUT2D eigenvalue weighted by Gasteiger charge is 2.02. The van der Waals surface area contributed by atoms with Crippen LogP contribution in [0.15, 0.2) is 42.5 Å². The van der Waals surface area contributed by atoms with Gasteiger partial charge in [-0.2, -0.15) is 0 Å². The van der Waals surface area contributed by atoms with Crippen LogP contribution in [0, 0.1) is 13.8 Å². The molecule has 0 aliphatic heterocycles. The number of rotatable bonds is 8. The van der Waals surface area contributed by atoms with Gasteiger partial charge in [-0.25, -0.2) is 0 Å². The summed E-state index contributed by atoms with van der Waals surface area (Å²) in [6, 6.07) is 13.5. The fourth-order valence-corrected chi connectivity index (χ4v) is 2.16. The second kappa shape index (κ2) is 8.22. The van der Waals surface area contributed by atoms with Crippen LogP contribution in [0.3, 0.4) is 0 Å². The van der Waals surface area contributed by atoms with Crippen molar-refractivity contribution in [1.82, 2.24) is 0 Å². The maximum atomic E-state index is 10.6. The predicted octanol–water partition coefficient (Wildman–Crippen LogP) is 3.78. The van der Waals surface area contributed by atoms with Crippen molar-refractivity contribution in [3.8, 4) is 11.5 Å². The van der Waals surface area contributed by atoms with Crippen LogP contribution < -0.4 is 9.47 Å². The quantitative estimate of drug-likeness (QED) is 0.753. The summed E-state index contributed by atoms with van der Waals surface area (Å²) < 4.78 is 11.3. The van der Waals surface area contributed by atoms with E-state index in [2.05, 4.69) is 13.8 Å². The molecule has 0 saturated heterocycles. The Kier molecular flexibility index (Phi) is 6.03. The molecule has 0 fully saturated rings. The van der Waals surface area contributed by atoms with E-state index in [-0.39, 0.29) is 6.42 Å². The Labute approximate surface area is 136 Å². The second-order valence-corrected chi connectivity index (χ2v) is 5.48. The summed E-state index contributed by atoms with van der Waals surface area (Å²) in [5.74, 6) is 0.779. The Morgan fingerprint density at radius 1 is 0.957 bits per heavy atom. The molecule has 0 aliphatic carbocycles. The highest BCUT2D eigenvalue weighted by atomic mass is 16.5. The molecule has 122 valence electrons. The third kappa shape index (κ3) is 5.66. The summed E-state index contributed by atoms with van der Waals surface area (Å²) in [4.78, 5) is 10.6. The Balaban J connectivity index is 1.78. The first-order valence-electron chi connectivity index (χ1n) is 7.68. The van der Waals surface area contributed by atoms with E-state index in [1.807, 2.05) is 42.5 Å². The molecule has 2 aromatic rings. The molecule has 4 nitrogen and oxygen atoms in total. The van der Waals surface area contributed by atoms with Gasteiger partial charge < -0.3 is 14.6 Å². The van der Waals surface area contributed by atoms with Gasteiger partial charge in [0.2, 0.25) is 0 Å². The van der Waals surface area contributed by atoms with E-state index in [9.17, 15) is 4.79 Å². The number of ether oxygens (including phenoxy) is 2. The van der Waals surface area contributed by atoms with Gasteiger partial charge in [-0.1, -0.05) is 18.2 Å². The molecule has 4 heteroatoms. The molecule has 0 heterocycles. The van der Waals surface area contributed by atoms with Crippen LogP contribution in [0.5, 0.6) is 11.5 Å². The van der Waals surface area contributed by atoms with Crippen LogP contribution in [0.2, 0.25) is 0 Å². The molecular formula is C19H22O4. The second-order valence-electron chi connectivity index (χ2n) is 5.48. The first-order valence-corrected chi connectivity index (χ1v) is 7.68. The molecule has 0 unspecified atom stereocenters. The monoisotopic (exact) mass is 314 g/mol. The maximum absolute atomic E-state index is 10.6. The number of carbonyl (C=O) groups is 1. The predicted molar refractivity (Wildman–Crippen MR) is 89.3 cm³/mol. The van der Waals surface area contributed by atoms with Crippen molar-refractivity contribution in [3.63, 3.8) is 0 Å². The average Bonchev–Trinajstić information content (AvgIpc) is 2.53. The molecule has 0 radical (unpaired) electrons. The zero-order valence-corrected chi connectivity index (χ0v) is 13.5. The van der Waals surface area contributed by atoms with Crippen LogP contribution in [0.4, 0.5) is 0 Å². The number of carboxylic acid groups (broad SMARTS) is 1. The summed E-state index contributed by atoms with van der Waals surface area (Å²) >= 11 is 0. The molecule has 1 N–H and O–H groups in total. The molecule has 2 aromatic carbocycles. The SMILES string of the molecule is Cc1ccc(OCCOc2cccc(CCC(=O)O)c2)cc1C. The minimum Gasteiger partial charge on any atom is -0.490 e. The third-order valence-corrected chi connectivity index (χ3v) is 3.63. The maximum Gasteiger partial charge on any atom is 0.303 e. The van der Waals surface area contributed by atoms with Gasteiger partial charge in [-0.05, 0) is 61.2 Å². The van der Waals surface area contributed by atoms with Gasteiger partial charge in [0, 0.05) is 6.42 Å². The molecule has 23 heavy (non-hydrogen) atoms. The molecule has 0 aliphatic rings. The van der Waals surface area contributed by atoms with E-state index < -0.39 is 5.97 Å². The first-order chi connectivity index (χ1) is 11.0. The Morgan fingerprint density at radius 3 is 2.30 bits per heavy atom. The molecule has 0 amide bonds. The largest absolute Gasteiger partial charge is 0.490 e. The van der Waals surface area contributed by atoms with Gasteiger partial charge >= 0.3 is 5.97 Å². The van der Waals surface area contributed by atoms with Gasteiger partial charge in [-0.3, -0.25) is 4.79 Å². The van der Waals surface area contributed by atoms with Crippen molar-refractivity contribution in [3.05, 3.63) is 59.2 Å². The van der Waals surface area contributed by atoms with Crippen LogP contribution in [-0.4, -0.2) is 24.3 Å². The van der Waals surface area contributed by atoms with Crippen molar-refractivity contribution < 1.29 is 19.4 Å². The zero-order valence-electron chi connectivity index (χ0n) is 13.5. The standard InChI is InChI=1S/C19H22O4/c1-14-6-8-18(12-15(14)2)23-11-10-22-17-5-3-4-16(13-17)7-9-19(20)21/h3-6,8,12-13H,7,9-11H2,1-2H3,(H,20,21). The minimum atomic E-state index is -0.793. The molecule has 0 aromatic heterocycles. The Hall–Kier alpha value is -2.49. The lowest BCUT2D eigenvalue weighted by Gasteiger charge is -2.10. The minimum absolute atomic E-state index is 0.124. The third-order valence-electron chi connectivity index (χ3n) is 3.63. The van der Waals surface area contributed by atoms with E-state index in [1.54, 1.807) is 0 Å². The van der Waals surface area contributed by atoms with Crippen LogP contribution in [0.1, 0.15) is 23.1 Å². The van der Waals surface area contributed by atoms with E-state index in [1.165, 1.54) is 11.1 Å². The Morgan fingerprint density at radius 2 is 1.65 bits per heavy atom. The van der Waals surface area contributed by atoms with Crippen LogP contribution in [-0.2, 0) is 11.2 Å². The molecule has 2 rings (SSSR count). The summed E-state index contributed by atoms with van der Waals surface area (Å²) in [6.07, 6.45) is 0.630. The van der Waals surface area contributed by atoms with Gasteiger partial charge in [0.1, 0.15) is 24.7 Å². The number of aryl methyl sites for hydroxylation is 3. The summed E-state index contributed by atoms with van der Waals surface area (Å²) in [7, 11) is 0. The average molecular weight is 314 g/mol. The molecule has 0 saturated carbocycles. The summed E-state index contributed by atoms with van der Waals surface area (Å²) in [5, 5.41) is 8.71. The summed E-state index contributed by atoms with van der Waals surface area (Å²) in [5.41, 5.74) is 3.40. The van der Waals surface area contributed by atoms with Gasteiger partial charge in [0.05, 0.1) is 0 Å². The molecule has 0 atom stereocenters. The first kappa shape index (κ1) is 16.9. The number of hydrogen-bond acceptors (Lipinski definition) is 3. The topological polar surface area (TPSA) is 55.8 Å².